The van der Waals surface area contributed by atoms with Crippen molar-refractivity contribution in [2.75, 3.05) is 11.9 Å². The van der Waals surface area contributed by atoms with Crippen LogP contribution in [0, 0.1) is 10.1 Å². The largest absolute Gasteiger partial charge is 0.478 e. The molecule has 108 valence electrons. The summed E-state index contributed by atoms with van der Waals surface area (Å²) in [6.07, 6.45) is 3.30. The lowest BCUT2D eigenvalue weighted by Crippen LogP contribution is -2.39. The number of aliphatic hydroxyl groups excluding tert-OH is 1. The Hall–Kier alpha value is -2.15. The number of nitrogens with zero attached hydrogens (tertiary/aromatic N) is 1. The van der Waals surface area contributed by atoms with E-state index < -0.39 is 16.4 Å². The number of anilines is 1. The number of nitro benzene ring substituents is 1. The lowest BCUT2D eigenvalue weighted by molar-refractivity contribution is -0.384. The van der Waals surface area contributed by atoms with E-state index in [1.165, 1.54) is 12.1 Å². The molecule has 1 fully saturated rings. The van der Waals surface area contributed by atoms with Crippen molar-refractivity contribution in [2.45, 2.75) is 31.2 Å². The molecule has 1 aliphatic carbocycles. The van der Waals surface area contributed by atoms with Gasteiger partial charge in [0.2, 0.25) is 0 Å². The van der Waals surface area contributed by atoms with E-state index in [0.717, 1.165) is 18.9 Å². The number of hydrogen-bond acceptors (Lipinski definition) is 5. The Labute approximate surface area is 115 Å². The lowest BCUT2D eigenvalue weighted by atomic mass is 9.97. The van der Waals surface area contributed by atoms with Crippen LogP contribution < -0.4 is 5.32 Å². The summed E-state index contributed by atoms with van der Waals surface area (Å²) in [6.45, 7) is -0.130. The minimum atomic E-state index is -1.16. The van der Waals surface area contributed by atoms with Gasteiger partial charge in [-0.2, -0.15) is 0 Å². The maximum Gasteiger partial charge on any atom is 0.337 e. The van der Waals surface area contributed by atoms with Gasteiger partial charge in [0.05, 0.1) is 28.3 Å². The predicted octanol–water partition coefficient (Wildman–Crippen LogP) is 2.01. The number of carboxylic acids is 1. The highest BCUT2D eigenvalue weighted by Crippen LogP contribution is 2.34. The second kappa shape index (κ2) is 5.46. The maximum atomic E-state index is 11.2. The SMILES string of the molecule is O=C(O)c1ccc([N+](=O)[O-])cc1NC1(CO)CCCC1. The zero-order chi connectivity index (χ0) is 14.8. The number of nitro groups is 1. The van der Waals surface area contributed by atoms with E-state index in [2.05, 4.69) is 5.32 Å². The Morgan fingerprint density at radius 2 is 2.05 bits per heavy atom. The number of rotatable bonds is 5. The summed E-state index contributed by atoms with van der Waals surface area (Å²) in [7, 11) is 0. The third-order valence-electron chi connectivity index (χ3n) is 3.71. The third kappa shape index (κ3) is 2.72. The van der Waals surface area contributed by atoms with Crippen LogP contribution in [0.5, 0.6) is 0 Å². The van der Waals surface area contributed by atoms with Gasteiger partial charge in [-0.3, -0.25) is 10.1 Å². The Bertz CT molecular complexity index is 538. The number of benzene rings is 1. The first kappa shape index (κ1) is 14.3. The standard InChI is InChI=1S/C13H16N2O5/c16-8-13(5-1-2-6-13)14-11-7-9(15(19)20)3-4-10(11)12(17)18/h3-4,7,14,16H,1-2,5-6,8H2,(H,17,18). The van der Waals surface area contributed by atoms with Gasteiger partial charge in [-0.25, -0.2) is 4.79 Å². The highest BCUT2D eigenvalue weighted by atomic mass is 16.6. The molecule has 3 N–H and O–H groups in total. The molecular weight excluding hydrogens is 264 g/mol. The third-order valence-corrected chi connectivity index (χ3v) is 3.71. The Balaban J connectivity index is 2.39. The second-order valence-corrected chi connectivity index (χ2v) is 5.06. The van der Waals surface area contributed by atoms with E-state index in [0.29, 0.717) is 12.8 Å². The summed E-state index contributed by atoms with van der Waals surface area (Å²) in [6, 6.07) is 3.58. The van der Waals surface area contributed by atoms with Crippen LogP contribution in [0.25, 0.3) is 0 Å². The molecule has 0 atom stereocenters. The van der Waals surface area contributed by atoms with Crippen LogP contribution in [0.1, 0.15) is 36.0 Å². The van der Waals surface area contributed by atoms with Crippen LogP contribution in [0.3, 0.4) is 0 Å². The number of aromatic carboxylic acids is 1. The number of non-ortho nitro benzene ring substituents is 1. The van der Waals surface area contributed by atoms with Crippen LogP contribution in [0.4, 0.5) is 11.4 Å². The van der Waals surface area contributed by atoms with E-state index in [4.69, 9.17) is 5.11 Å². The van der Waals surface area contributed by atoms with Crippen molar-refractivity contribution >= 4 is 17.3 Å². The van der Waals surface area contributed by atoms with Gasteiger partial charge in [0.15, 0.2) is 0 Å². The van der Waals surface area contributed by atoms with E-state index in [9.17, 15) is 20.0 Å². The van der Waals surface area contributed by atoms with Crippen molar-refractivity contribution in [3.05, 3.63) is 33.9 Å². The maximum absolute atomic E-state index is 11.2. The Kier molecular flexibility index (Phi) is 3.89. The number of carboxylic acid groups (broad SMARTS) is 1. The molecule has 0 bridgehead atoms. The molecule has 0 aliphatic heterocycles. The predicted molar refractivity (Wildman–Crippen MR) is 72.0 cm³/mol. The molecule has 20 heavy (non-hydrogen) atoms. The molecule has 1 saturated carbocycles. The Morgan fingerprint density at radius 1 is 1.40 bits per heavy atom. The van der Waals surface area contributed by atoms with Crippen LogP contribution in [0.2, 0.25) is 0 Å². The van der Waals surface area contributed by atoms with Gasteiger partial charge in [-0.15, -0.1) is 0 Å². The summed E-state index contributed by atoms with van der Waals surface area (Å²) < 4.78 is 0. The first-order valence-corrected chi connectivity index (χ1v) is 6.38. The summed E-state index contributed by atoms with van der Waals surface area (Å²) in [5, 5.41) is 32.5. The molecule has 0 heterocycles. The van der Waals surface area contributed by atoms with E-state index in [1.807, 2.05) is 0 Å². The molecule has 0 saturated heterocycles. The lowest BCUT2D eigenvalue weighted by Gasteiger charge is -2.29. The zero-order valence-electron chi connectivity index (χ0n) is 10.8. The fourth-order valence-corrected chi connectivity index (χ4v) is 2.60. The molecule has 0 radical (unpaired) electrons. The Morgan fingerprint density at radius 3 is 2.55 bits per heavy atom. The molecule has 1 aromatic rings. The van der Waals surface area contributed by atoms with Gasteiger partial charge in [0.25, 0.3) is 5.69 Å². The molecular formula is C13H16N2O5. The van der Waals surface area contributed by atoms with Crippen molar-refractivity contribution in [1.82, 2.24) is 0 Å². The van der Waals surface area contributed by atoms with Crippen LogP contribution in [0.15, 0.2) is 18.2 Å². The van der Waals surface area contributed by atoms with Crippen LogP contribution in [-0.2, 0) is 0 Å². The van der Waals surface area contributed by atoms with Crippen LogP contribution >= 0.6 is 0 Å². The van der Waals surface area contributed by atoms with E-state index in [-0.39, 0.29) is 23.5 Å². The average molecular weight is 280 g/mol. The van der Waals surface area contributed by atoms with E-state index >= 15 is 0 Å². The monoisotopic (exact) mass is 280 g/mol. The van der Waals surface area contributed by atoms with Gasteiger partial charge in [-0.1, -0.05) is 12.8 Å². The van der Waals surface area contributed by atoms with Crippen molar-refractivity contribution in [2.24, 2.45) is 0 Å². The number of hydrogen-bond donors (Lipinski definition) is 3. The highest BCUT2D eigenvalue weighted by Gasteiger charge is 2.34. The van der Waals surface area contributed by atoms with Crippen molar-refractivity contribution in [3.8, 4) is 0 Å². The molecule has 7 nitrogen and oxygen atoms in total. The first-order valence-electron chi connectivity index (χ1n) is 6.38. The van der Waals surface area contributed by atoms with Gasteiger partial charge < -0.3 is 15.5 Å². The normalized spacial score (nSPS) is 16.9. The summed E-state index contributed by atoms with van der Waals surface area (Å²) in [5.74, 6) is -1.16. The van der Waals surface area contributed by atoms with Gasteiger partial charge in [-0.05, 0) is 18.9 Å². The van der Waals surface area contributed by atoms with Gasteiger partial charge >= 0.3 is 5.97 Å². The molecule has 0 spiro atoms. The zero-order valence-corrected chi connectivity index (χ0v) is 10.8. The molecule has 0 amide bonds. The summed E-state index contributed by atoms with van der Waals surface area (Å²) >= 11 is 0. The van der Waals surface area contributed by atoms with Crippen molar-refractivity contribution in [3.63, 3.8) is 0 Å². The number of aliphatic hydroxyl groups is 1. The van der Waals surface area contributed by atoms with Crippen molar-refractivity contribution in [1.29, 1.82) is 0 Å². The quantitative estimate of drug-likeness (QED) is 0.561. The average Bonchev–Trinajstić information content (AvgIpc) is 2.87. The fraction of sp³-hybridized carbons (Fsp3) is 0.462. The molecule has 1 aromatic carbocycles. The van der Waals surface area contributed by atoms with Crippen LogP contribution in [-0.4, -0.2) is 33.3 Å². The number of nitrogens with one attached hydrogen (secondary N) is 1. The second-order valence-electron chi connectivity index (χ2n) is 5.06. The smallest absolute Gasteiger partial charge is 0.337 e. The van der Waals surface area contributed by atoms with Gasteiger partial charge in [0.1, 0.15) is 0 Å². The number of carbonyl (C=O) groups is 1. The highest BCUT2D eigenvalue weighted by molar-refractivity contribution is 5.95. The fourth-order valence-electron chi connectivity index (χ4n) is 2.60. The molecule has 0 unspecified atom stereocenters. The summed E-state index contributed by atoms with van der Waals surface area (Å²) in [5.41, 5.74) is -0.610. The van der Waals surface area contributed by atoms with Crippen molar-refractivity contribution < 1.29 is 19.9 Å². The topological polar surface area (TPSA) is 113 Å². The van der Waals surface area contributed by atoms with E-state index in [1.54, 1.807) is 0 Å². The molecule has 7 heteroatoms. The molecule has 0 aromatic heterocycles. The minimum absolute atomic E-state index is 0.0321. The first-order chi connectivity index (χ1) is 9.47. The molecule has 2 rings (SSSR count). The van der Waals surface area contributed by atoms with Gasteiger partial charge in [0, 0.05) is 12.1 Å². The minimum Gasteiger partial charge on any atom is -0.478 e. The molecule has 1 aliphatic rings. The summed E-state index contributed by atoms with van der Waals surface area (Å²) in [4.78, 5) is 21.4.